The highest BCUT2D eigenvalue weighted by Gasteiger charge is 2.48. The number of rotatable bonds is 12. The second-order valence-electron chi connectivity index (χ2n) is 19.7. The lowest BCUT2D eigenvalue weighted by Crippen LogP contribution is -2.47. The van der Waals surface area contributed by atoms with Gasteiger partial charge in [0.2, 0.25) is 23.7 Å². The monoisotopic (exact) mass is 916 g/mol. The number of hydrogen-bond donors (Lipinski definition) is 6. The third-order valence-corrected chi connectivity index (χ3v) is 21.2. The molecular weight excluding hydrogens is 853 g/mol. The summed E-state index contributed by atoms with van der Waals surface area (Å²) in [6, 6.07) is 0. The van der Waals surface area contributed by atoms with Crippen LogP contribution in [0.2, 0.25) is 36.3 Å². The van der Waals surface area contributed by atoms with Crippen LogP contribution >= 0.6 is 0 Å². The Balaban J connectivity index is 0.000000238. The van der Waals surface area contributed by atoms with Crippen LogP contribution < -0.4 is 21.8 Å². The van der Waals surface area contributed by atoms with Gasteiger partial charge >= 0.3 is 5.97 Å². The van der Waals surface area contributed by atoms with Gasteiger partial charge in [-0.05, 0) is 36.3 Å². The number of fused-ring (bicyclic) bond motifs is 2. The van der Waals surface area contributed by atoms with Crippen molar-refractivity contribution in [2.75, 3.05) is 17.2 Å². The van der Waals surface area contributed by atoms with E-state index in [4.69, 9.17) is 18.3 Å². The third-order valence-electron chi connectivity index (χ3n) is 12.2. The number of ether oxygens (including phenoxy) is 2. The minimum absolute atomic E-state index is 0.00944. The molecule has 348 valence electrons. The summed E-state index contributed by atoms with van der Waals surface area (Å²) in [7, 11) is -4.34. The number of amides is 2. The number of carboxylic acid groups (broad SMARTS) is 1. The van der Waals surface area contributed by atoms with Crippen LogP contribution in [0.5, 0.6) is 0 Å². The first-order chi connectivity index (χ1) is 29.0. The molecule has 2 amide bonds. The van der Waals surface area contributed by atoms with Crippen molar-refractivity contribution in [2.45, 2.75) is 155 Å². The van der Waals surface area contributed by atoms with Crippen molar-refractivity contribution < 1.29 is 42.9 Å². The number of carbonyl (C=O) groups excluding carboxylic acids is 2. The maximum absolute atomic E-state index is 12.4. The molecule has 2 aliphatic heterocycles. The van der Waals surface area contributed by atoms with Crippen molar-refractivity contribution in [3.8, 4) is 0 Å². The van der Waals surface area contributed by atoms with Crippen LogP contribution in [0.4, 0.5) is 11.9 Å². The Morgan fingerprint density at radius 3 is 1.54 bits per heavy atom. The van der Waals surface area contributed by atoms with Crippen LogP contribution in [0.15, 0.2) is 22.2 Å². The highest BCUT2D eigenvalue weighted by molar-refractivity contribution is 6.74. The van der Waals surface area contributed by atoms with Gasteiger partial charge in [0.1, 0.15) is 18.6 Å². The van der Waals surface area contributed by atoms with E-state index in [0.29, 0.717) is 12.1 Å². The Morgan fingerprint density at radius 1 is 0.762 bits per heavy atom. The number of anilines is 2. The van der Waals surface area contributed by atoms with Gasteiger partial charge in [-0.1, -0.05) is 69.2 Å². The first-order valence-electron chi connectivity index (χ1n) is 21.1. The van der Waals surface area contributed by atoms with E-state index < -0.39 is 64.5 Å². The molecule has 6 atom stereocenters. The molecule has 2 fully saturated rings. The number of aliphatic hydroxyl groups is 1. The predicted octanol–water partition coefficient (Wildman–Crippen LogP) is 4.86. The van der Waals surface area contributed by atoms with Gasteiger partial charge in [-0.15, -0.1) is 0 Å². The maximum atomic E-state index is 12.4. The first kappa shape index (κ1) is 49.4. The number of nitrogens with zero attached hydrogens (tertiary/aromatic N) is 6. The fraction of sp³-hybridized carbons (Fsp3) is 0.675. The third kappa shape index (κ3) is 10.8. The van der Waals surface area contributed by atoms with Crippen LogP contribution in [0.3, 0.4) is 0 Å². The molecule has 0 radical (unpaired) electrons. The molecule has 0 unspecified atom stereocenters. The minimum atomic E-state index is -2.26. The smallest absolute Gasteiger partial charge is 0.335 e. The summed E-state index contributed by atoms with van der Waals surface area (Å²) in [4.78, 5) is 82.8. The Bertz CT molecular complexity index is 2430. The summed E-state index contributed by atoms with van der Waals surface area (Å²) in [5, 5.41) is 24.7. The number of aromatic amines is 2. The minimum Gasteiger partial charge on any atom is -0.479 e. The molecule has 2 aliphatic rings. The number of nitrogens with one attached hydrogen (secondary N) is 4. The van der Waals surface area contributed by atoms with Crippen LogP contribution in [-0.2, 0) is 32.7 Å². The molecule has 0 spiro atoms. The normalized spacial score (nSPS) is 22.2. The summed E-state index contributed by atoms with van der Waals surface area (Å²) in [5.74, 6) is -2.19. The number of carbonyl (C=O) groups is 3. The number of aliphatic hydroxyl groups excluding tert-OH is 1. The van der Waals surface area contributed by atoms with Gasteiger partial charge in [-0.2, -0.15) is 9.97 Å². The second-order valence-corrected chi connectivity index (χ2v) is 29.2. The van der Waals surface area contributed by atoms with Gasteiger partial charge in [-0.3, -0.25) is 48.9 Å². The van der Waals surface area contributed by atoms with Crippen LogP contribution in [-0.4, -0.2) is 115 Å². The summed E-state index contributed by atoms with van der Waals surface area (Å²) >= 11 is 0. The molecule has 6 rings (SSSR count). The lowest BCUT2D eigenvalue weighted by atomic mass is 10.2. The van der Waals surface area contributed by atoms with E-state index in [0.717, 1.165) is 0 Å². The molecule has 4 aromatic heterocycles. The molecule has 21 nitrogen and oxygen atoms in total. The average molecular weight is 917 g/mol. The SMILES string of the molecule is CC(C)C(=O)Nc1nc2c(ncn2[C@H]2C[C@@H](O[Si](C)(C)C(C)(C)C)[C@@H](C(=O)O)O2)c(=O)[nH]1.CC(C)C(=O)Nc1nc2c(ncn2[C@H]2C[C@@H](O[Si](C)(C)C(C)(C)C)[C@@H](CO)O2)c(=O)[nH]1. The molecule has 0 aliphatic carbocycles. The molecule has 0 aromatic carbocycles. The van der Waals surface area contributed by atoms with Crippen LogP contribution in [0.25, 0.3) is 22.3 Å². The fourth-order valence-electron chi connectivity index (χ4n) is 6.32. The van der Waals surface area contributed by atoms with Crippen molar-refractivity contribution in [1.29, 1.82) is 0 Å². The first-order valence-corrected chi connectivity index (χ1v) is 26.9. The highest BCUT2D eigenvalue weighted by atomic mass is 28.4. The molecule has 6 N–H and O–H groups in total. The number of aromatic nitrogens is 8. The van der Waals surface area contributed by atoms with E-state index in [1.165, 1.54) is 17.2 Å². The fourth-order valence-corrected chi connectivity index (χ4v) is 9.01. The number of aliphatic carboxylic acids is 1. The predicted molar refractivity (Wildman–Crippen MR) is 239 cm³/mol. The Kier molecular flexibility index (Phi) is 14.5. The molecule has 23 heteroatoms. The van der Waals surface area contributed by atoms with Gasteiger partial charge < -0.3 is 28.5 Å². The van der Waals surface area contributed by atoms with Crippen molar-refractivity contribution in [3.05, 3.63) is 33.4 Å². The Labute approximate surface area is 367 Å². The molecular formula is C40H64N10O11Si2. The lowest BCUT2D eigenvalue weighted by Gasteiger charge is -2.39. The standard InChI is InChI=1S/C20H31N5O6Si.C20H33N5O5Si/c1-10(2)16(26)23-19-22-15-13(17(27)24-19)21-9-25(15)12-8-11(14(30-12)18(28)29)31-32(6,7)20(3,4)5;1-11(2)17(27)23-19-22-16-15(18(28)24-19)21-10-25(16)14-8-12(13(9-26)29-14)30-31(6,7)20(3,4)5/h9-12,14H,8H2,1-7H3,(H,28,29)(H2,22,23,24,26,27);10-14,26H,8-9H2,1-7H3,(H2,22,23,24,27,28)/t11-,12-,14+;12-,13-,14-/m11/s1. The van der Waals surface area contributed by atoms with Gasteiger partial charge in [0.25, 0.3) is 11.1 Å². The van der Waals surface area contributed by atoms with E-state index in [1.807, 2.05) is 0 Å². The van der Waals surface area contributed by atoms with Crippen LogP contribution in [0, 0.1) is 11.8 Å². The summed E-state index contributed by atoms with van der Waals surface area (Å²) in [6.07, 6.45) is -0.185. The maximum Gasteiger partial charge on any atom is 0.335 e. The van der Waals surface area contributed by atoms with Crippen molar-refractivity contribution in [2.24, 2.45) is 11.8 Å². The molecule has 0 bridgehead atoms. The molecule has 6 heterocycles. The number of carboxylic acids is 1. The molecule has 63 heavy (non-hydrogen) atoms. The average Bonchev–Trinajstić information content (AvgIpc) is 3.95. The Morgan fingerprint density at radius 2 is 1.16 bits per heavy atom. The van der Waals surface area contributed by atoms with Gasteiger partial charge in [0.05, 0.1) is 31.5 Å². The zero-order valence-electron chi connectivity index (χ0n) is 38.6. The second kappa shape index (κ2) is 18.4. The number of H-pyrrole nitrogens is 2. The largest absolute Gasteiger partial charge is 0.479 e. The van der Waals surface area contributed by atoms with Crippen molar-refractivity contribution >= 4 is 68.6 Å². The molecule has 2 saturated heterocycles. The number of hydrogen-bond acceptors (Lipinski definition) is 14. The van der Waals surface area contributed by atoms with E-state index in [1.54, 1.807) is 32.3 Å². The summed E-state index contributed by atoms with van der Waals surface area (Å²) < 4.78 is 27.9. The Hall–Kier alpha value is -4.66. The van der Waals surface area contributed by atoms with Gasteiger partial charge in [0.15, 0.2) is 45.1 Å². The van der Waals surface area contributed by atoms with E-state index in [9.17, 15) is 34.2 Å². The lowest BCUT2D eigenvalue weighted by molar-refractivity contribution is -0.154. The topological polar surface area (TPSA) is 280 Å². The molecule has 4 aromatic rings. The van der Waals surface area contributed by atoms with E-state index >= 15 is 0 Å². The highest BCUT2D eigenvalue weighted by Crippen LogP contribution is 2.43. The van der Waals surface area contributed by atoms with Gasteiger partial charge in [-0.25, -0.2) is 14.8 Å². The van der Waals surface area contributed by atoms with Gasteiger partial charge in [0, 0.05) is 24.7 Å². The zero-order valence-corrected chi connectivity index (χ0v) is 40.6. The van der Waals surface area contributed by atoms with Crippen molar-refractivity contribution in [1.82, 2.24) is 39.0 Å². The van der Waals surface area contributed by atoms with Crippen LogP contribution in [0.1, 0.15) is 94.5 Å². The zero-order chi connectivity index (χ0) is 47.1. The summed E-state index contributed by atoms with van der Waals surface area (Å²) in [5.41, 5.74) is -0.257. The quantitative estimate of drug-likeness (QED) is 0.104. The van der Waals surface area contributed by atoms with Crippen molar-refractivity contribution in [3.63, 3.8) is 0 Å². The van der Waals surface area contributed by atoms with E-state index in [-0.39, 0.29) is 81.4 Å². The summed E-state index contributed by atoms with van der Waals surface area (Å²) in [6.45, 7) is 27.9. The number of imidazole rings is 2. The van der Waals surface area contributed by atoms with E-state index in [2.05, 4.69) is 108 Å². The molecule has 0 saturated carbocycles.